The molecule has 0 aromatic heterocycles. The van der Waals surface area contributed by atoms with E-state index in [-0.39, 0.29) is 25.4 Å². The molecule has 2 saturated carbocycles. The van der Waals surface area contributed by atoms with Gasteiger partial charge >= 0.3 is 6.09 Å². The van der Waals surface area contributed by atoms with Gasteiger partial charge in [-0.2, -0.15) is 0 Å². The van der Waals surface area contributed by atoms with Gasteiger partial charge in [0.1, 0.15) is 5.60 Å². The number of ketones is 1. The molecule has 10 nitrogen and oxygen atoms in total. The number of nitrogens with one attached hydrogen (secondary N) is 1. The van der Waals surface area contributed by atoms with Crippen molar-refractivity contribution < 1.29 is 38.7 Å². The Kier molecular flexibility index (Phi) is 6.67. The molecular formula is C26H42N2O8. The van der Waals surface area contributed by atoms with Crippen LogP contribution in [0.15, 0.2) is 12.7 Å². The predicted molar refractivity (Wildman–Crippen MR) is 130 cm³/mol. The van der Waals surface area contributed by atoms with Gasteiger partial charge in [0.15, 0.2) is 17.5 Å². The van der Waals surface area contributed by atoms with Crippen LogP contribution in [0.5, 0.6) is 0 Å². The fraction of sp³-hybridized carbons (Fsp3) is 0.846. The van der Waals surface area contributed by atoms with Crippen molar-refractivity contribution in [1.29, 1.82) is 0 Å². The van der Waals surface area contributed by atoms with E-state index in [0.29, 0.717) is 6.42 Å². The van der Waals surface area contributed by atoms with Crippen LogP contribution in [0.3, 0.4) is 0 Å². The molecule has 2 aliphatic carbocycles. The van der Waals surface area contributed by atoms with Gasteiger partial charge in [-0.15, -0.1) is 6.58 Å². The normalized spacial score (nSPS) is 47.5. The second-order valence-corrected chi connectivity index (χ2v) is 12.3. The Bertz CT molecular complexity index is 926. The molecule has 0 aromatic rings. The number of Topliss-reactive ketones (excluding diaryl/α,β-unsaturated/α-hetero) is 1. The van der Waals surface area contributed by atoms with Crippen molar-refractivity contribution >= 4 is 11.9 Å². The van der Waals surface area contributed by atoms with Crippen molar-refractivity contribution in [3.05, 3.63) is 12.7 Å². The smallest absolute Gasteiger partial charge is 0.407 e. The molecule has 4 fully saturated rings. The lowest BCUT2D eigenvalue weighted by molar-refractivity contribution is -0.456. The monoisotopic (exact) mass is 510 g/mol. The molecule has 2 heterocycles. The van der Waals surface area contributed by atoms with E-state index in [2.05, 4.69) is 25.7 Å². The predicted octanol–water partition coefficient (Wildman–Crippen LogP) is 1.58. The summed E-state index contributed by atoms with van der Waals surface area (Å²) in [6.45, 7) is 13.1. The molecule has 9 atom stereocenters. The first kappa shape index (κ1) is 27.5. The minimum Gasteiger partial charge on any atom is -0.440 e. The summed E-state index contributed by atoms with van der Waals surface area (Å²) < 4.78 is 25.7. The summed E-state index contributed by atoms with van der Waals surface area (Å²) in [6, 6.07) is 0. The number of ether oxygens (including phenoxy) is 4. The third kappa shape index (κ3) is 3.52. The molecule has 1 amide bonds. The van der Waals surface area contributed by atoms with Gasteiger partial charge in [-0.1, -0.05) is 26.8 Å². The van der Waals surface area contributed by atoms with Crippen LogP contribution in [0.2, 0.25) is 0 Å². The van der Waals surface area contributed by atoms with E-state index in [1.54, 1.807) is 24.8 Å². The van der Waals surface area contributed by atoms with E-state index in [1.807, 2.05) is 21.0 Å². The first-order chi connectivity index (χ1) is 16.6. The Hall–Kier alpha value is -1.56. The van der Waals surface area contributed by atoms with Crippen molar-refractivity contribution in [2.75, 3.05) is 27.2 Å². The number of rotatable bonds is 5. The fourth-order valence-corrected chi connectivity index (χ4v) is 7.82. The maximum Gasteiger partial charge on any atom is 0.407 e. The van der Waals surface area contributed by atoms with E-state index < -0.39 is 64.4 Å². The van der Waals surface area contributed by atoms with Gasteiger partial charge in [0.2, 0.25) is 6.41 Å². The zero-order valence-corrected chi connectivity index (χ0v) is 22.5. The molecule has 0 aromatic carbocycles. The molecule has 10 heteroatoms. The zero-order chi connectivity index (χ0) is 26.9. The van der Waals surface area contributed by atoms with Gasteiger partial charge in [0, 0.05) is 24.3 Å². The van der Waals surface area contributed by atoms with E-state index in [1.165, 1.54) is 0 Å². The molecular weight excluding hydrogens is 468 g/mol. The fourth-order valence-electron chi connectivity index (χ4n) is 7.82. The van der Waals surface area contributed by atoms with Crippen LogP contribution >= 0.6 is 0 Å². The molecule has 1 unspecified atom stereocenters. The molecule has 0 radical (unpaired) electrons. The van der Waals surface area contributed by atoms with E-state index >= 15 is 0 Å². The first-order valence-corrected chi connectivity index (χ1v) is 12.7. The molecule has 36 heavy (non-hydrogen) atoms. The van der Waals surface area contributed by atoms with Crippen molar-refractivity contribution in [3.63, 3.8) is 0 Å². The van der Waals surface area contributed by atoms with Crippen molar-refractivity contribution in [2.24, 2.45) is 16.7 Å². The maximum absolute atomic E-state index is 14.5. The van der Waals surface area contributed by atoms with Gasteiger partial charge in [0.25, 0.3) is 0 Å². The Labute approximate surface area is 213 Å². The van der Waals surface area contributed by atoms with Crippen molar-refractivity contribution in [2.45, 2.75) is 95.4 Å². The van der Waals surface area contributed by atoms with Crippen molar-refractivity contribution in [3.8, 4) is 0 Å². The number of nitrogens with zero attached hydrogens (tertiary/aromatic N) is 1. The van der Waals surface area contributed by atoms with E-state index in [9.17, 15) is 14.7 Å². The van der Waals surface area contributed by atoms with E-state index in [0.717, 1.165) is 6.42 Å². The minimum absolute atomic E-state index is 0.0151. The number of aliphatic hydroxyl groups is 2. The molecule has 204 valence electrons. The summed E-state index contributed by atoms with van der Waals surface area (Å²) >= 11 is 0. The summed E-state index contributed by atoms with van der Waals surface area (Å²) in [5.74, 6) is -0.712. The third-order valence-electron chi connectivity index (χ3n) is 9.24. The third-order valence-corrected chi connectivity index (χ3v) is 9.24. The van der Waals surface area contributed by atoms with Crippen LogP contribution in [-0.2, 0) is 23.7 Å². The van der Waals surface area contributed by atoms with Crippen LogP contribution in [0.25, 0.3) is 0 Å². The highest BCUT2D eigenvalue weighted by atomic mass is 16.7. The number of hydrogen-bond acceptors (Lipinski definition) is 9. The topological polar surface area (TPSA) is 127 Å². The lowest BCUT2D eigenvalue weighted by Crippen LogP contribution is -2.89. The van der Waals surface area contributed by atoms with Crippen LogP contribution < -0.4 is 5.32 Å². The van der Waals surface area contributed by atoms with Gasteiger partial charge < -0.3 is 34.5 Å². The summed E-state index contributed by atoms with van der Waals surface area (Å²) in [6.07, 6.45) is -1.52. The average molecular weight is 511 g/mol. The van der Waals surface area contributed by atoms with E-state index in [4.69, 9.17) is 24.1 Å². The summed E-state index contributed by atoms with van der Waals surface area (Å²) in [7, 11) is 3.61. The Morgan fingerprint density at radius 2 is 1.94 bits per heavy atom. The number of alkyl carbamates (subject to hydrolysis) is 1. The lowest BCUT2D eigenvalue weighted by atomic mass is 9.39. The summed E-state index contributed by atoms with van der Waals surface area (Å²) in [4.78, 5) is 29.0. The second-order valence-electron chi connectivity index (χ2n) is 12.3. The van der Waals surface area contributed by atoms with Crippen LogP contribution in [0, 0.1) is 16.7 Å². The minimum atomic E-state index is -1.59. The number of hydrogen-bond donors (Lipinski definition) is 3. The highest BCUT2D eigenvalue weighted by Gasteiger charge is 2.84. The Morgan fingerprint density at radius 3 is 2.53 bits per heavy atom. The summed E-state index contributed by atoms with van der Waals surface area (Å²) in [5.41, 5.74) is -5.67. The van der Waals surface area contributed by atoms with Gasteiger partial charge in [-0.25, -0.2) is 4.79 Å². The van der Waals surface area contributed by atoms with Gasteiger partial charge in [-0.3, -0.25) is 9.69 Å². The number of aliphatic hydroxyl groups excluding tert-OH is 2. The van der Waals surface area contributed by atoms with Gasteiger partial charge in [0.05, 0.1) is 24.4 Å². The molecule has 2 saturated heterocycles. The highest BCUT2D eigenvalue weighted by Crippen LogP contribution is 2.70. The zero-order valence-electron chi connectivity index (χ0n) is 22.5. The SMILES string of the molecule is C=C[C@@]1(C)CC(=O)[C@@]23OC(N(C)C)O[C@H]4CCC(C)(C)[C@H]([C@H](O)[C@H](OC(=O)NCCO)[C@@]2(C)O1)[C@]43C. The second kappa shape index (κ2) is 8.74. The number of amides is 1. The molecule has 4 rings (SSSR count). The average Bonchev–Trinajstić information content (AvgIpc) is 2.77. The molecule has 1 spiro atoms. The van der Waals surface area contributed by atoms with Crippen molar-refractivity contribution in [1.82, 2.24) is 10.2 Å². The molecule has 4 aliphatic rings. The Morgan fingerprint density at radius 1 is 1.28 bits per heavy atom. The molecule has 3 N–H and O–H groups in total. The maximum atomic E-state index is 14.5. The largest absolute Gasteiger partial charge is 0.440 e. The standard InChI is InChI=1S/C26H42N2O8/c1-9-23(4)14-15(30)26-24(5)16(33-21(35-26)28(7)8)10-11-22(2,3)18(24)17(31)19(25(26,6)36-23)34-20(32)27-12-13-29/h9,16-19,21,29,31H,1,10-14H2,2-8H3,(H,27,32)/t16-,17-,18-,19-,21?,23-,24-,25+,26-/m0/s1. The lowest BCUT2D eigenvalue weighted by Gasteiger charge is -2.74. The van der Waals surface area contributed by atoms with Gasteiger partial charge in [-0.05, 0) is 46.2 Å². The molecule has 2 aliphatic heterocycles. The summed E-state index contributed by atoms with van der Waals surface area (Å²) in [5, 5.41) is 23.7. The Balaban J connectivity index is 1.98. The molecule has 0 bridgehead atoms. The number of carbonyl (C=O) groups is 2. The first-order valence-electron chi connectivity index (χ1n) is 12.7. The van der Waals surface area contributed by atoms with Crippen LogP contribution in [0.1, 0.15) is 53.9 Å². The number of carbonyl (C=O) groups excluding carboxylic acids is 2. The quantitative estimate of drug-likeness (QED) is 0.473. The highest BCUT2D eigenvalue weighted by molar-refractivity contribution is 5.93. The van der Waals surface area contributed by atoms with Crippen LogP contribution in [0.4, 0.5) is 4.79 Å². The van der Waals surface area contributed by atoms with Crippen LogP contribution in [-0.4, -0.2) is 95.8 Å².